The zero-order valence-corrected chi connectivity index (χ0v) is 11.7. The van der Waals surface area contributed by atoms with Crippen LogP contribution in [-0.4, -0.2) is 18.1 Å². The Balaban J connectivity index is 2.20. The zero-order valence-electron chi connectivity index (χ0n) is 11.7. The van der Waals surface area contributed by atoms with Crippen LogP contribution < -0.4 is 10.6 Å². The van der Waals surface area contributed by atoms with Gasteiger partial charge >= 0.3 is 0 Å². The summed E-state index contributed by atoms with van der Waals surface area (Å²) >= 11 is 0. The number of aromatic nitrogens is 1. The fraction of sp³-hybridized carbons (Fsp3) is 0.667. The standard InChI is InChI=1S/C15H25N3/c1-3-14-9-13(11-16)10-15(17-14)18-7-4-5-12(2)6-8-18/h9-10,12H,3-8,11,16H2,1-2H3. The average Bonchev–Trinajstić information content (AvgIpc) is 2.63. The first-order valence-electron chi connectivity index (χ1n) is 7.17. The summed E-state index contributed by atoms with van der Waals surface area (Å²) in [5.74, 6) is 1.97. The molecule has 0 radical (unpaired) electrons. The summed E-state index contributed by atoms with van der Waals surface area (Å²) in [6.07, 6.45) is 4.87. The molecule has 18 heavy (non-hydrogen) atoms. The summed E-state index contributed by atoms with van der Waals surface area (Å²) in [5.41, 5.74) is 8.14. The highest BCUT2D eigenvalue weighted by molar-refractivity contribution is 5.43. The lowest BCUT2D eigenvalue weighted by Gasteiger charge is -2.23. The van der Waals surface area contributed by atoms with Crippen LogP contribution in [0.2, 0.25) is 0 Å². The van der Waals surface area contributed by atoms with E-state index in [9.17, 15) is 0 Å². The molecule has 1 unspecified atom stereocenters. The molecule has 100 valence electrons. The van der Waals surface area contributed by atoms with Gasteiger partial charge in [-0.25, -0.2) is 4.98 Å². The Kier molecular flexibility index (Phi) is 4.59. The molecule has 0 saturated carbocycles. The maximum atomic E-state index is 5.78. The van der Waals surface area contributed by atoms with E-state index in [0.717, 1.165) is 36.9 Å². The highest BCUT2D eigenvalue weighted by atomic mass is 15.2. The Hall–Kier alpha value is -1.09. The number of nitrogens with two attached hydrogens (primary N) is 1. The monoisotopic (exact) mass is 247 g/mol. The lowest BCUT2D eigenvalue weighted by Crippen LogP contribution is -2.25. The SMILES string of the molecule is CCc1cc(CN)cc(N2CCCC(C)CC2)n1. The molecule has 0 spiro atoms. The molecule has 3 heteroatoms. The van der Waals surface area contributed by atoms with E-state index in [1.807, 2.05) is 0 Å². The second kappa shape index (κ2) is 6.19. The van der Waals surface area contributed by atoms with Crippen LogP contribution in [0.1, 0.15) is 44.4 Å². The van der Waals surface area contributed by atoms with Crippen LogP contribution in [0.3, 0.4) is 0 Å². The molecule has 2 N–H and O–H groups in total. The molecule has 2 rings (SSSR count). The van der Waals surface area contributed by atoms with Gasteiger partial charge in [0.1, 0.15) is 5.82 Å². The van der Waals surface area contributed by atoms with E-state index in [4.69, 9.17) is 10.7 Å². The topological polar surface area (TPSA) is 42.1 Å². The number of pyridine rings is 1. The van der Waals surface area contributed by atoms with Crippen LogP contribution in [-0.2, 0) is 13.0 Å². The minimum Gasteiger partial charge on any atom is -0.357 e. The normalized spacial score (nSPS) is 20.8. The van der Waals surface area contributed by atoms with Gasteiger partial charge in [-0.2, -0.15) is 0 Å². The van der Waals surface area contributed by atoms with E-state index in [1.54, 1.807) is 0 Å². The molecule has 1 aliphatic rings. The highest BCUT2D eigenvalue weighted by Crippen LogP contribution is 2.22. The third-order valence-corrected chi connectivity index (χ3v) is 3.86. The summed E-state index contributed by atoms with van der Waals surface area (Å²) in [7, 11) is 0. The second-order valence-corrected chi connectivity index (χ2v) is 5.41. The molecule has 0 aliphatic carbocycles. The predicted octanol–water partition coefficient (Wildman–Crippen LogP) is 2.73. The van der Waals surface area contributed by atoms with Crippen molar-refractivity contribution in [2.75, 3.05) is 18.0 Å². The summed E-state index contributed by atoms with van der Waals surface area (Å²) in [6.45, 7) is 7.37. The first-order chi connectivity index (χ1) is 8.72. The van der Waals surface area contributed by atoms with Crippen molar-refractivity contribution in [3.63, 3.8) is 0 Å². The lowest BCUT2D eigenvalue weighted by molar-refractivity contribution is 0.521. The molecule has 1 aromatic heterocycles. The molecule has 1 atom stereocenters. The van der Waals surface area contributed by atoms with Crippen molar-refractivity contribution in [1.82, 2.24) is 4.98 Å². The molecule has 0 aromatic carbocycles. The summed E-state index contributed by atoms with van der Waals surface area (Å²) in [4.78, 5) is 7.19. The minimum absolute atomic E-state index is 0.604. The van der Waals surface area contributed by atoms with Gasteiger partial charge in [-0.3, -0.25) is 0 Å². The fourth-order valence-electron chi connectivity index (χ4n) is 2.59. The summed E-state index contributed by atoms with van der Waals surface area (Å²) in [6, 6.07) is 4.29. The first kappa shape index (κ1) is 13.3. The maximum absolute atomic E-state index is 5.78. The van der Waals surface area contributed by atoms with E-state index in [1.165, 1.54) is 24.8 Å². The Labute approximate surface area is 110 Å². The third-order valence-electron chi connectivity index (χ3n) is 3.86. The fourth-order valence-corrected chi connectivity index (χ4v) is 2.59. The van der Waals surface area contributed by atoms with Crippen molar-refractivity contribution in [3.05, 3.63) is 23.4 Å². The highest BCUT2D eigenvalue weighted by Gasteiger charge is 2.15. The van der Waals surface area contributed by atoms with E-state index < -0.39 is 0 Å². The van der Waals surface area contributed by atoms with Gasteiger partial charge in [0, 0.05) is 25.3 Å². The van der Waals surface area contributed by atoms with Gasteiger partial charge < -0.3 is 10.6 Å². The van der Waals surface area contributed by atoms with Gasteiger partial charge in [0.25, 0.3) is 0 Å². The number of hydrogen-bond acceptors (Lipinski definition) is 3. The van der Waals surface area contributed by atoms with Crippen molar-refractivity contribution in [2.24, 2.45) is 11.7 Å². The molecule has 3 nitrogen and oxygen atoms in total. The summed E-state index contributed by atoms with van der Waals surface area (Å²) in [5, 5.41) is 0. The van der Waals surface area contributed by atoms with Gasteiger partial charge in [-0.05, 0) is 49.3 Å². The minimum atomic E-state index is 0.604. The number of anilines is 1. The number of aryl methyl sites for hydroxylation is 1. The zero-order chi connectivity index (χ0) is 13.0. The van der Waals surface area contributed by atoms with Crippen molar-refractivity contribution in [1.29, 1.82) is 0 Å². The summed E-state index contributed by atoms with van der Waals surface area (Å²) < 4.78 is 0. The largest absolute Gasteiger partial charge is 0.357 e. The third kappa shape index (κ3) is 3.22. The van der Waals surface area contributed by atoms with Crippen molar-refractivity contribution >= 4 is 5.82 Å². The molecule has 0 bridgehead atoms. The average molecular weight is 247 g/mol. The Morgan fingerprint density at radius 1 is 1.33 bits per heavy atom. The first-order valence-corrected chi connectivity index (χ1v) is 7.17. The maximum Gasteiger partial charge on any atom is 0.129 e. The number of hydrogen-bond donors (Lipinski definition) is 1. The van der Waals surface area contributed by atoms with Crippen LogP contribution in [0.15, 0.2) is 12.1 Å². The van der Waals surface area contributed by atoms with E-state index in [0.29, 0.717) is 6.54 Å². The number of rotatable bonds is 3. The van der Waals surface area contributed by atoms with E-state index in [-0.39, 0.29) is 0 Å². The Morgan fingerprint density at radius 2 is 2.17 bits per heavy atom. The van der Waals surface area contributed by atoms with E-state index in [2.05, 4.69) is 30.9 Å². The van der Waals surface area contributed by atoms with Gasteiger partial charge in [0.15, 0.2) is 0 Å². The van der Waals surface area contributed by atoms with Crippen LogP contribution in [0.5, 0.6) is 0 Å². The number of nitrogens with zero attached hydrogens (tertiary/aromatic N) is 2. The molecule has 2 heterocycles. The smallest absolute Gasteiger partial charge is 0.129 e. The molecule has 1 saturated heterocycles. The van der Waals surface area contributed by atoms with Gasteiger partial charge in [-0.15, -0.1) is 0 Å². The van der Waals surface area contributed by atoms with Crippen molar-refractivity contribution in [2.45, 2.75) is 46.1 Å². The van der Waals surface area contributed by atoms with Gasteiger partial charge in [-0.1, -0.05) is 13.8 Å². The molecule has 1 fully saturated rings. The quantitative estimate of drug-likeness (QED) is 0.893. The van der Waals surface area contributed by atoms with Crippen molar-refractivity contribution in [3.8, 4) is 0 Å². The van der Waals surface area contributed by atoms with Crippen LogP contribution in [0, 0.1) is 5.92 Å². The van der Waals surface area contributed by atoms with Crippen molar-refractivity contribution < 1.29 is 0 Å². The van der Waals surface area contributed by atoms with Crippen LogP contribution in [0.25, 0.3) is 0 Å². The Bertz CT molecular complexity index is 367. The van der Waals surface area contributed by atoms with Crippen LogP contribution >= 0.6 is 0 Å². The molecule has 0 amide bonds. The molecular formula is C15H25N3. The van der Waals surface area contributed by atoms with Crippen LogP contribution in [0.4, 0.5) is 5.82 Å². The molecule has 1 aromatic rings. The second-order valence-electron chi connectivity index (χ2n) is 5.41. The van der Waals surface area contributed by atoms with Gasteiger partial charge in [0.2, 0.25) is 0 Å². The Morgan fingerprint density at radius 3 is 2.89 bits per heavy atom. The van der Waals surface area contributed by atoms with Gasteiger partial charge in [0.05, 0.1) is 0 Å². The predicted molar refractivity (Wildman–Crippen MR) is 76.7 cm³/mol. The molecular weight excluding hydrogens is 222 g/mol. The molecule has 1 aliphatic heterocycles. The van der Waals surface area contributed by atoms with E-state index >= 15 is 0 Å². The lowest BCUT2D eigenvalue weighted by atomic mass is 10.0.